The molecule has 76 valence electrons. The minimum atomic E-state index is -0.984. The van der Waals surface area contributed by atoms with Gasteiger partial charge in [0.25, 0.3) is 0 Å². The van der Waals surface area contributed by atoms with Crippen molar-refractivity contribution in [2.45, 2.75) is 6.92 Å². The summed E-state index contributed by atoms with van der Waals surface area (Å²) in [5.41, 5.74) is 1.03. The number of hydrogen-bond acceptors (Lipinski definition) is 2. The summed E-state index contributed by atoms with van der Waals surface area (Å²) < 4.78 is 5.28. The van der Waals surface area contributed by atoms with Gasteiger partial charge in [0.2, 0.25) is 0 Å². The fraction of sp³-hybridized carbons (Fsp3) is 0.182. The molecule has 0 atom stereocenters. The van der Waals surface area contributed by atoms with Crippen LogP contribution in [0.5, 0.6) is 5.75 Å². The topological polar surface area (TPSA) is 46.5 Å². The van der Waals surface area contributed by atoms with Gasteiger partial charge in [-0.15, -0.1) is 0 Å². The molecule has 1 aromatic rings. The van der Waals surface area contributed by atoms with Gasteiger partial charge >= 0.3 is 35.5 Å². The molecule has 0 fully saturated rings. The van der Waals surface area contributed by atoms with E-state index in [1.54, 1.807) is 18.2 Å². The van der Waals surface area contributed by atoms with Crippen LogP contribution in [0.2, 0.25) is 0 Å². The maximum absolute atomic E-state index is 10.8. The molecule has 1 rings (SSSR count). The van der Waals surface area contributed by atoms with Crippen LogP contribution in [0.1, 0.15) is 18.7 Å². The largest absolute Gasteiger partial charge is 1.00 e. The average molecular weight is 216 g/mol. The second kappa shape index (κ2) is 6.67. The smallest absolute Gasteiger partial charge is 1.00 e. The summed E-state index contributed by atoms with van der Waals surface area (Å²) in [4.78, 5) is 10.8. The second-order valence-corrected chi connectivity index (χ2v) is 3.05. The fourth-order valence-electron chi connectivity index (χ4n) is 0.970. The first kappa shape index (κ1) is 14.2. The van der Waals surface area contributed by atoms with Gasteiger partial charge in [0.1, 0.15) is 17.9 Å². The third-order valence-corrected chi connectivity index (χ3v) is 1.59. The van der Waals surface area contributed by atoms with Gasteiger partial charge < -0.3 is 11.3 Å². The number of carboxylic acid groups (broad SMARTS) is 1. The van der Waals surface area contributed by atoms with Crippen LogP contribution in [0.4, 0.5) is 0 Å². The van der Waals surface area contributed by atoms with Crippen LogP contribution in [0.3, 0.4) is 0 Å². The molecule has 0 bridgehead atoms. The van der Waals surface area contributed by atoms with E-state index in [4.69, 9.17) is 9.84 Å². The van der Waals surface area contributed by atoms with E-state index in [0.29, 0.717) is 12.4 Å². The van der Waals surface area contributed by atoms with E-state index in [1.807, 2.05) is 6.92 Å². The van der Waals surface area contributed by atoms with E-state index in [0.717, 1.165) is 5.57 Å². The Kier molecular flexibility index (Phi) is 6.32. The number of ether oxygens (including phenoxy) is 1. The van der Waals surface area contributed by atoms with Crippen molar-refractivity contribution >= 4 is 5.97 Å². The number of carboxylic acids is 1. The van der Waals surface area contributed by atoms with Crippen molar-refractivity contribution in [3.05, 3.63) is 42.0 Å². The van der Waals surface area contributed by atoms with Gasteiger partial charge in [0.05, 0.1) is 0 Å². The van der Waals surface area contributed by atoms with E-state index in [-0.39, 0.29) is 36.5 Å². The molecule has 0 unspecified atom stereocenters. The van der Waals surface area contributed by atoms with Gasteiger partial charge in [-0.05, 0) is 24.6 Å². The molecule has 0 radical (unpaired) electrons. The minimum Gasteiger partial charge on any atom is -1.00 e. The maximum Gasteiger partial charge on any atom is 1.00 e. The predicted molar refractivity (Wildman–Crippen MR) is 54.8 cm³/mol. The third kappa shape index (κ3) is 4.51. The number of benzene rings is 1. The van der Waals surface area contributed by atoms with Crippen LogP contribution < -0.4 is 34.3 Å². The van der Waals surface area contributed by atoms with Crippen LogP contribution >= 0.6 is 0 Å². The SMILES string of the molecule is C=C(C)COc1ccccc1C(=O)O.[H-].[Na+]. The van der Waals surface area contributed by atoms with Crippen molar-refractivity contribution in [2.24, 2.45) is 0 Å². The Bertz CT molecular complexity index is 366. The Morgan fingerprint density at radius 2 is 2.13 bits per heavy atom. The molecule has 1 N–H and O–H groups in total. The Balaban J connectivity index is 0. The first-order chi connectivity index (χ1) is 6.61. The quantitative estimate of drug-likeness (QED) is 0.543. The summed E-state index contributed by atoms with van der Waals surface area (Å²) in [5, 5.41) is 8.83. The van der Waals surface area contributed by atoms with Crippen LogP contribution in [-0.4, -0.2) is 17.7 Å². The summed E-state index contributed by atoms with van der Waals surface area (Å²) in [5.74, 6) is -0.606. The molecule has 3 nitrogen and oxygen atoms in total. The van der Waals surface area contributed by atoms with Crippen LogP contribution in [0.15, 0.2) is 36.4 Å². The number of rotatable bonds is 4. The van der Waals surface area contributed by atoms with Gasteiger partial charge in [0.15, 0.2) is 0 Å². The van der Waals surface area contributed by atoms with E-state index >= 15 is 0 Å². The van der Waals surface area contributed by atoms with Crippen molar-refractivity contribution in [1.29, 1.82) is 0 Å². The van der Waals surface area contributed by atoms with Crippen molar-refractivity contribution in [2.75, 3.05) is 6.61 Å². The van der Waals surface area contributed by atoms with Crippen molar-refractivity contribution in [3.8, 4) is 5.75 Å². The van der Waals surface area contributed by atoms with Crippen molar-refractivity contribution in [1.82, 2.24) is 0 Å². The zero-order valence-corrected chi connectivity index (χ0v) is 11.0. The second-order valence-electron chi connectivity index (χ2n) is 3.05. The van der Waals surface area contributed by atoms with Gasteiger partial charge in [0, 0.05) is 0 Å². The Hall–Kier alpha value is -0.770. The molecule has 0 aliphatic heterocycles. The van der Waals surface area contributed by atoms with Gasteiger partial charge in [-0.25, -0.2) is 4.79 Å². The number of hydrogen-bond donors (Lipinski definition) is 1. The maximum atomic E-state index is 10.8. The molecule has 0 amide bonds. The van der Waals surface area contributed by atoms with E-state index in [2.05, 4.69) is 6.58 Å². The number of carbonyl (C=O) groups is 1. The fourth-order valence-corrected chi connectivity index (χ4v) is 0.970. The third-order valence-electron chi connectivity index (χ3n) is 1.59. The van der Waals surface area contributed by atoms with E-state index in [9.17, 15) is 4.79 Å². The normalized spacial score (nSPS) is 8.87. The van der Waals surface area contributed by atoms with Gasteiger partial charge in [-0.2, -0.15) is 0 Å². The van der Waals surface area contributed by atoms with Crippen molar-refractivity contribution in [3.63, 3.8) is 0 Å². The summed E-state index contributed by atoms with van der Waals surface area (Å²) >= 11 is 0. The summed E-state index contributed by atoms with van der Waals surface area (Å²) in [6, 6.07) is 6.54. The zero-order chi connectivity index (χ0) is 10.6. The average Bonchev–Trinajstić information content (AvgIpc) is 2.15. The molecule has 0 spiro atoms. The van der Waals surface area contributed by atoms with E-state index in [1.165, 1.54) is 6.07 Å². The monoisotopic (exact) mass is 216 g/mol. The molecular weight excluding hydrogens is 203 g/mol. The zero-order valence-electron chi connectivity index (χ0n) is 9.99. The molecule has 0 aliphatic carbocycles. The van der Waals surface area contributed by atoms with Gasteiger partial charge in [-0.1, -0.05) is 18.7 Å². The molecule has 15 heavy (non-hydrogen) atoms. The molecule has 4 heteroatoms. The molecule has 0 saturated carbocycles. The van der Waals surface area contributed by atoms with Crippen LogP contribution in [-0.2, 0) is 0 Å². The molecule has 1 aromatic carbocycles. The molecule has 0 saturated heterocycles. The first-order valence-corrected chi connectivity index (χ1v) is 4.20. The molecule has 0 aliphatic rings. The Morgan fingerprint density at radius 1 is 1.53 bits per heavy atom. The van der Waals surface area contributed by atoms with E-state index < -0.39 is 5.97 Å². The van der Waals surface area contributed by atoms with Crippen molar-refractivity contribution < 1.29 is 45.6 Å². The Labute approximate surface area is 113 Å². The van der Waals surface area contributed by atoms with Gasteiger partial charge in [-0.3, -0.25) is 0 Å². The standard InChI is InChI=1S/C11H12O3.Na.H/c1-8(2)7-14-10-6-4-3-5-9(10)11(12)13;;/h3-6H,1,7H2,2H3,(H,12,13);;/q;+1;-1. The summed E-state index contributed by atoms with van der Waals surface area (Å²) in [7, 11) is 0. The Morgan fingerprint density at radius 3 is 2.67 bits per heavy atom. The van der Waals surface area contributed by atoms with Crippen LogP contribution in [0, 0.1) is 0 Å². The summed E-state index contributed by atoms with van der Waals surface area (Å²) in [6.45, 7) is 5.83. The molecular formula is C11H13NaO3. The first-order valence-electron chi connectivity index (χ1n) is 4.20. The molecule has 0 heterocycles. The predicted octanol–water partition coefficient (Wildman–Crippen LogP) is -0.544. The number of para-hydroxylation sites is 1. The summed E-state index contributed by atoms with van der Waals surface area (Å²) in [6.07, 6.45) is 0. The minimum absolute atomic E-state index is 0. The molecule has 0 aromatic heterocycles. The van der Waals surface area contributed by atoms with Crippen LogP contribution in [0.25, 0.3) is 0 Å². The number of aromatic carboxylic acids is 1.